The fourth-order valence-corrected chi connectivity index (χ4v) is 4.52. The molecule has 0 aliphatic carbocycles. The highest BCUT2D eigenvalue weighted by Crippen LogP contribution is 2.35. The number of hydrogen-bond acceptors (Lipinski definition) is 7. The first kappa shape index (κ1) is 26.4. The Bertz CT molecular complexity index is 1490. The molecule has 4 heterocycles. The van der Waals surface area contributed by atoms with Gasteiger partial charge in [-0.3, -0.25) is 19.5 Å². The molecule has 2 aromatic heterocycles. The Morgan fingerprint density at radius 1 is 1.10 bits per heavy atom. The van der Waals surface area contributed by atoms with Crippen LogP contribution in [0.15, 0.2) is 48.9 Å². The number of carbonyl (C=O) groups is 1. The van der Waals surface area contributed by atoms with Crippen LogP contribution in [-0.4, -0.2) is 45.7 Å². The number of alkyl halides is 3. The van der Waals surface area contributed by atoms with Crippen molar-refractivity contribution in [3.63, 3.8) is 0 Å². The van der Waals surface area contributed by atoms with E-state index in [1.807, 2.05) is 33.3 Å². The molecule has 5 rings (SSSR count). The molecule has 0 fully saturated rings. The van der Waals surface area contributed by atoms with E-state index in [1.54, 1.807) is 34.9 Å². The molecule has 3 aromatic rings. The van der Waals surface area contributed by atoms with Crippen LogP contribution in [0.1, 0.15) is 44.9 Å². The summed E-state index contributed by atoms with van der Waals surface area (Å²) in [5.74, 6) is -0.564. The lowest BCUT2D eigenvalue weighted by Crippen LogP contribution is -2.36. The van der Waals surface area contributed by atoms with Crippen molar-refractivity contribution in [3.05, 3.63) is 82.6 Å². The van der Waals surface area contributed by atoms with Gasteiger partial charge in [-0.05, 0) is 62.7 Å². The van der Waals surface area contributed by atoms with Gasteiger partial charge in [0.05, 0.1) is 34.4 Å². The van der Waals surface area contributed by atoms with E-state index in [4.69, 9.17) is 0 Å². The minimum Gasteiger partial charge on any atom is -0.322 e. The van der Waals surface area contributed by atoms with Crippen molar-refractivity contribution in [1.82, 2.24) is 30.6 Å². The number of likely N-dealkylation sites (N-methyl/N-ethyl adjacent to an activating group) is 1. The van der Waals surface area contributed by atoms with Crippen LogP contribution in [0.25, 0.3) is 11.3 Å². The summed E-state index contributed by atoms with van der Waals surface area (Å²) in [6, 6.07) is 5.31. The molecule has 2 aliphatic heterocycles. The van der Waals surface area contributed by atoms with Crippen LogP contribution in [0, 0.1) is 13.8 Å². The van der Waals surface area contributed by atoms with Crippen LogP contribution in [-0.2, 0) is 13.2 Å². The number of amides is 1. The van der Waals surface area contributed by atoms with Crippen LogP contribution in [0.5, 0.6) is 0 Å². The van der Waals surface area contributed by atoms with Gasteiger partial charge in [0.2, 0.25) is 0 Å². The Kier molecular flexibility index (Phi) is 6.91. The number of pyridine rings is 1. The zero-order chi connectivity index (χ0) is 27.9. The predicted molar refractivity (Wildman–Crippen MR) is 143 cm³/mol. The summed E-state index contributed by atoms with van der Waals surface area (Å²) in [6.45, 7) is 5.15. The van der Waals surface area contributed by atoms with Gasteiger partial charge >= 0.3 is 6.18 Å². The zero-order valence-corrected chi connectivity index (χ0v) is 22.0. The Hall–Kier alpha value is -4.16. The standard InChI is InChI=1S/C27H29F3N8O/c1-16-25(38-15-24(34-35-38)23-14-32-37(4)17(23)2)11-20(13-31-16)26(39)33-22-10-19(9-21(12-22)27(28,29)30)18-5-7-36(3)8-6-18/h5,9-15,34-35H,6-8H2,1-4H3,(H,33,39). The lowest BCUT2D eigenvalue weighted by Gasteiger charge is -2.23. The second kappa shape index (κ2) is 10.2. The molecule has 1 aromatic carbocycles. The maximum atomic E-state index is 13.7. The third kappa shape index (κ3) is 5.52. The van der Waals surface area contributed by atoms with Gasteiger partial charge in [-0.25, -0.2) is 0 Å². The third-order valence-electron chi connectivity index (χ3n) is 6.98. The smallest absolute Gasteiger partial charge is 0.322 e. The number of carbonyl (C=O) groups excluding carboxylic acids is 1. The van der Waals surface area contributed by atoms with Gasteiger partial charge in [-0.1, -0.05) is 6.08 Å². The number of aromatic nitrogens is 3. The molecular formula is C27H29F3N8O. The van der Waals surface area contributed by atoms with Crippen molar-refractivity contribution < 1.29 is 18.0 Å². The molecule has 0 saturated heterocycles. The summed E-state index contributed by atoms with van der Waals surface area (Å²) in [5, 5.41) is 8.60. The average Bonchev–Trinajstić information content (AvgIpc) is 3.50. The second-order valence-electron chi connectivity index (χ2n) is 9.74. The third-order valence-corrected chi connectivity index (χ3v) is 6.98. The number of halogens is 3. The zero-order valence-electron chi connectivity index (χ0n) is 22.0. The van der Waals surface area contributed by atoms with E-state index in [9.17, 15) is 18.0 Å². The quantitative estimate of drug-likeness (QED) is 0.448. The average molecular weight is 539 g/mol. The fraction of sp³-hybridized carbons (Fsp3) is 0.296. The summed E-state index contributed by atoms with van der Waals surface area (Å²) >= 11 is 0. The second-order valence-corrected chi connectivity index (χ2v) is 9.74. The van der Waals surface area contributed by atoms with Gasteiger partial charge in [-0.15, -0.1) is 5.53 Å². The molecule has 0 spiro atoms. The predicted octanol–water partition coefficient (Wildman–Crippen LogP) is 4.25. The number of aryl methyl sites for hydroxylation is 2. The molecular weight excluding hydrogens is 509 g/mol. The fourth-order valence-electron chi connectivity index (χ4n) is 4.52. The first-order valence-electron chi connectivity index (χ1n) is 12.4. The van der Waals surface area contributed by atoms with Gasteiger partial charge in [0.25, 0.3) is 5.91 Å². The maximum absolute atomic E-state index is 13.7. The molecule has 1 amide bonds. The largest absolute Gasteiger partial charge is 0.416 e. The normalized spacial score (nSPS) is 16.1. The number of hydrazine groups is 2. The van der Waals surface area contributed by atoms with E-state index in [0.717, 1.165) is 41.2 Å². The number of rotatable bonds is 5. The molecule has 0 unspecified atom stereocenters. The van der Waals surface area contributed by atoms with Crippen LogP contribution in [0.2, 0.25) is 0 Å². The van der Waals surface area contributed by atoms with Gasteiger partial charge in [0, 0.05) is 49.5 Å². The van der Waals surface area contributed by atoms with E-state index < -0.39 is 17.6 Å². The van der Waals surface area contributed by atoms with E-state index in [0.29, 0.717) is 29.9 Å². The topological polar surface area (TPSA) is 90.4 Å². The van der Waals surface area contributed by atoms with Crippen LogP contribution >= 0.6 is 0 Å². The molecule has 0 bridgehead atoms. The molecule has 0 radical (unpaired) electrons. The summed E-state index contributed by atoms with van der Waals surface area (Å²) in [5.41, 5.74) is 10.8. The molecule has 12 heteroatoms. The van der Waals surface area contributed by atoms with Crippen molar-refractivity contribution in [2.75, 3.05) is 30.5 Å². The minimum atomic E-state index is -4.55. The van der Waals surface area contributed by atoms with Crippen molar-refractivity contribution in [2.45, 2.75) is 26.4 Å². The van der Waals surface area contributed by atoms with Crippen molar-refractivity contribution in [2.24, 2.45) is 7.05 Å². The first-order valence-corrected chi connectivity index (χ1v) is 12.4. The SMILES string of the molecule is Cc1ncc(C(=O)Nc2cc(C3=CCN(C)CC3)cc(C(F)(F)F)c2)cc1N1C=C(c2cnn(C)c2C)NN1. The number of hydrogen-bond donors (Lipinski definition) is 3. The number of anilines is 2. The van der Waals surface area contributed by atoms with Gasteiger partial charge in [0.15, 0.2) is 0 Å². The Morgan fingerprint density at radius 2 is 1.90 bits per heavy atom. The number of nitrogens with zero attached hydrogens (tertiary/aromatic N) is 5. The Balaban J connectivity index is 1.41. The van der Waals surface area contributed by atoms with Crippen LogP contribution in [0.3, 0.4) is 0 Å². The molecule has 2 aliphatic rings. The van der Waals surface area contributed by atoms with E-state index in [2.05, 4.69) is 31.3 Å². The Labute approximate surface area is 223 Å². The monoisotopic (exact) mass is 538 g/mol. The lowest BCUT2D eigenvalue weighted by atomic mass is 9.97. The molecule has 3 N–H and O–H groups in total. The van der Waals surface area contributed by atoms with E-state index >= 15 is 0 Å². The Morgan fingerprint density at radius 3 is 2.56 bits per heavy atom. The highest BCUT2D eigenvalue weighted by Gasteiger charge is 2.32. The molecule has 0 saturated carbocycles. The van der Waals surface area contributed by atoms with Crippen LogP contribution < -0.4 is 21.3 Å². The number of benzene rings is 1. The van der Waals surface area contributed by atoms with E-state index in [-0.39, 0.29) is 11.3 Å². The highest BCUT2D eigenvalue weighted by atomic mass is 19.4. The van der Waals surface area contributed by atoms with Crippen molar-refractivity contribution >= 4 is 28.6 Å². The minimum absolute atomic E-state index is 0.0713. The van der Waals surface area contributed by atoms with Crippen molar-refractivity contribution in [3.8, 4) is 0 Å². The summed E-state index contributed by atoms with van der Waals surface area (Å²) in [6.07, 6.45) is 2.98. The van der Waals surface area contributed by atoms with Crippen LogP contribution in [0.4, 0.5) is 24.5 Å². The summed E-state index contributed by atoms with van der Waals surface area (Å²) in [7, 11) is 3.81. The molecule has 9 nitrogen and oxygen atoms in total. The lowest BCUT2D eigenvalue weighted by molar-refractivity contribution is -0.137. The highest BCUT2D eigenvalue weighted by molar-refractivity contribution is 6.05. The molecule has 204 valence electrons. The van der Waals surface area contributed by atoms with Gasteiger partial charge in [-0.2, -0.15) is 18.3 Å². The molecule has 0 atom stereocenters. The summed E-state index contributed by atoms with van der Waals surface area (Å²) in [4.78, 5) is 19.6. The first-order chi connectivity index (χ1) is 18.5. The van der Waals surface area contributed by atoms with Gasteiger partial charge in [0.1, 0.15) is 0 Å². The molecule has 39 heavy (non-hydrogen) atoms. The van der Waals surface area contributed by atoms with Gasteiger partial charge < -0.3 is 15.6 Å². The van der Waals surface area contributed by atoms with E-state index in [1.165, 1.54) is 6.20 Å². The summed E-state index contributed by atoms with van der Waals surface area (Å²) < 4.78 is 42.9. The number of nitrogens with one attached hydrogen (secondary N) is 3. The maximum Gasteiger partial charge on any atom is 0.416 e. The van der Waals surface area contributed by atoms with Crippen molar-refractivity contribution in [1.29, 1.82) is 0 Å².